The number of carbonyl (C=O) groups is 1. The lowest BCUT2D eigenvalue weighted by atomic mass is 10.2. The van der Waals surface area contributed by atoms with E-state index in [-0.39, 0.29) is 5.78 Å². The van der Waals surface area contributed by atoms with Gasteiger partial charge in [0.25, 0.3) is 0 Å². The summed E-state index contributed by atoms with van der Waals surface area (Å²) in [5.74, 6) is 0.689. The Hall–Kier alpha value is -1.69. The summed E-state index contributed by atoms with van der Waals surface area (Å²) in [6.07, 6.45) is 0. The Labute approximate surface area is 89.7 Å². The largest absolute Gasteiger partial charge is 0.366 e. The molecule has 0 saturated heterocycles. The summed E-state index contributed by atoms with van der Waals surface area (Å²) < 4.78 is 1.72. The maximum Gasteiger partial charge on any atom is 0.227 e. The van der Waals surface area contributed by atoms with Crippen LogP contribution in [0.4, 0.5) is 5.82 Å². The second-order valence-electron chi connectivity index (χ2n) is 3.24. The van der Waals surface area contributed by atoms with Crippen LogP contribution in [-0.4, -0.2) is 27.3 Å². The topological polar surface area (TPSA) is 59.8 Å². The van der Waals surface area contributed by atoms with E-state index >= 15 is 0 Å². The lowest BCUT2D eigenvalue weighted by Crippen LogP contribution is -2.04. The zero-order chi connectivity index (χ0) is 10.3. The fraction of sp³-hybridized carbons (Fsp3) is 0.222. The molecule has 0 saturated carbocycles. The number of anilines is 1. The van der Waals surface area contributed by atoms with E-state index in [1.54, 1.807) is 10.7 Å². The quantitative estimate of drug-likeness (QED) is 0.767. The number of nitrogens with one attached hydrogen (secondary N) is 1. The molecule has 76 valence electrons. The molecule has 0 radical (unpaired) electrons. The third kappa shape index (κ3) is 1.25. The van der Waals surface area contributed by atoms with Crippen LogP contribution in [0.15, 0.2) is 17.5 Å². The van der Waals surface area contributed by atoms with Crippen molar-refractivity contribution < 1.29 is 4.79 Å². The molecule has 0 spiro atoms. The van der Waals surface area contributed by atoms with Crippen LogP contribution in [0.2, 0.25) is 0 Å². The van der Waals surface area contributed by atoms with Gasteiger partial charge in [0.2, 0.25) is 5.78 Å². The molecule has 15 heavy (non-hydrogen) atoms. The monoisotopic (exact) mass is 220 g/mol. The maximum atomic E-state index is 12.0. The number of carbonyl (C=O) groups excluding carboxylic acids is 1. The molecule has 0 unspecified atom stereocenters. The molecule has 0 amide bonds. The van der Waals surface area contributed by atoms with Gasteiger partial charge in [0.1, 0.15) is 0 Å². The van der Waals surface area contributed by atoms with Gasteiger partial charge in [0, 0.05) is 6.54 Å². The minimum absolute atomic E-state index is 0.0550. The summed E-state index contributed by atoms with van der Waals surface area (Å²) in [5.41, 5.74) is 0.426. The molecule has 6 heteroatoms. The average Bonchev–Trinajstić information content (AvgIpc) is 2.94. The molecule has 0 aliphatic carbocycles. The van der Waals surface area contributed by atoms with Crippen LogP contribution in [-0.2, 0) is 6.54 Å². The van der Waals surface area contributed by atoms with Crippen LogP contribution in [0.25, 0.3) is 0 Å². The third-order valence-electron chi connectivity index (χ3n) is 2.31. The summed E-state index contributed by atoms with van der Waals surface area (Å²) in [7, 11) is 0. The van der Waals surface area contributed by atoms with Crippen LogP contribution in [0, 0.1) is 0 Å². The van der Waals surface area contributed by atoms with E-state index in [0.29, 0.717) is 10.6 Å². The van der Waals surface area contributed by atoms with Gasteiger partial charge in [0.05, 0.1) is 11.4 Å². The molecule has 1 aliphatic heterocycles. The summed E-state index contributed by atoms with van der Waals surface area (Å²) in [6, 6.07) is 3.66. The Balaban J connectivity index is 2.03. The fourth-order valence-electron chi connectivity index (χ4n) is 1.60. The van der Waals surface area contributed by atoms with Gasteiger partial charge in [-0.3, -0.25) is 4.79 Å². The zero-order valence-corrected chi connectivity index (χ0v) is 8.62. The van der Waals surface area contributed by atoms with Crippen LogP contribution in [0.1, 0.15) is 15.4 Å². The summed E-state index contributed by atoms with van der Waals surface area (Å²) >= 11 is 1.42. The first-order valence-corrected chi connectivity index (χ1v) is 5.50. The van der Waals surface area contributed by atoms with E-state index < -0.39 is 0 Å². The molecule has 1 aliphatic rings. The summed E-state index contributed by atoms with van der Waals surface area (Å²) in [4.78, 5) is 12.7. The number of thiophene rings is 1. The first kappa shape index (κ1) is 8.60. The van der Waals surface area contributed by atoms with Crippen molar-refractivity contribution >= 4 is 22.9 Å². The van der Waals surface area contributed by atoms with E-state index in [9.17, 15) is 4.79 Å². The van der Waals surface area contributed by atoms with Gasteiger partial charge >= 0.3 is 0 Å². The van der Waals surface area contributed by atoms with Gasteiger partial charge in [-0.2, -0.15) is 0 Å². The molecular weight excluding hydrogens is 212 g/mol. The minimum Gasteiger partial charge on any atom is -0.366 e. The number of hydrogen-bond acceptors (Lipinski definition) is 5. The molecule has 0 atom stereocenters. The highest BCUT2D eigenvalue weighted by molar-refractivity contribution is 7.12. The van der Waals surface area contributed by atoms with Crippen LogP contribution < -0.4 is 5.32 Å². The fourth-order valence-corrected chi connectivity index (χ4v) is 2.27. The first-order valence-electron chi connectivity index (χ1n) is 4.62. The SMILES string of the molecule is O=C(c1cccs1)c1nnn2c1NCC2. The van der Waals surface area contributed by atoms with Crippen molar-refractivity contribution in [3.63, 3.8) is 0 Å². The molecule has 2 aromatic heterocycles. The van der Waals surface area contributed by atoms with E-state index in [4.69, 9.17) is 0 Å². The smallest absolute Gasteiger partial charge is 0.227 e. The van der Waals surface area contributed by atoms with E-state index in [2.05, 4.69) is 15.6 Å². The molecule has 1 N–H and O–H groups in total. The number of nitrogens with zero attached hydrogens (tertiary/aromatic N) is 3. The van der Waals surface area contributed by atoms with E-state index in [1.165, 1.54) is 11.3 Å². The Bertz CT molecular complexity index is 502. The summed E-state index contributed by atoms with van der Waals surface area (Å²) in [5, 5.41) is 12.8. The van der Waals surface area contributed by atoms with E-state index in [1.807, 2.05) is 11.4 Å². The highest BCUT2D eigenvalue weighted by Gasteiger charge is 2.24. The third-order valence-corrected chi connectivity index (χ3v) is 3.18. The first-order chi connectivity index (χ1) is 7.36. The Kier molecular flexibility index (Phi) is 1.81. The second-order valence-corrected chi connectivity index (χ2v) is 4.19. The Morgan fingerprint density at radius 3 is 3.33 bits per heavy atom. The van der Waals surface area contributed by atoms with Gasteiger partial charge in [-0.05, 0) is 11.4 Å². The molecule has 0 bridgehead atoms. The van der Waals surface area contributed by atoms with Crippen molar-refractivity contribution in [1.82, 2.24) is 15.0 Å². The molecule has 0 fully saturated rings. The molecule has 3 heterocycles. The maximum absolute atomic E-state index is 12.0. The lowest BCUT2D eigenvalue weighted by molar-refractivity contribution is 0.103. The zero-order valence-electron chi connectivity index (χ0n) is 7.80. The van der Waals surface area contributed by atoms with Crippen LogP contribution >= 0.6 is 11.3 Å². The predicted octanol–water partition coefficient (Wildman–Crippen LogP) is 0.996. The second kappa shape index (κ2) is 3.16. The average molecular weight is 220 g/mol. The normalized spacial score (nSPS) is 13.6. The molecule has 2 aromatic rings. The lowest BCUT2D eigenvalue weighted by Gasteiger charge is -1.96. The Morgan fingerprint density at radius 1 is 1.60 bits per heavy atom. The predicted molar refractivity (Wildman–Crippen MR) is 56.3 cm³/mol. The molecule has 5 nitrogen and oxygen atoms in total. The molecule has 3 rings (SSSR count). The number of hydrogen-bond donors (Lipinski definition) is 1. The van der Waals surface area contributed by atoms with Crippen molar-refractivity contribution in [3.8, 4) is 0 Å². The number of fused-ring (bicyclic) bond motifs is 1. The highest BCUT2D eigenvalue weighted by Crippen LogP contribution is 2.21. The van der Waals surface area contributed by atoms with Crippen molar-refractivity contribution in [1.29, 1.82) is 0 Å². The van der Waals surface area contributed by atoms with Gasteiger partial charge in [0.15, 0.2) is 11.5 Å². The van der Waals surface area contributed by atoms with Gasteiger partial charge in [-0.25, -0.2) is 4.68 Å². The molecule has 0 aromatic carbocycles. The Morgan fingerprint density at radius 2 is 2.53 bits per heavy atom. The van der Waals surface area contributed by atoms with Gasteiger partial charge in [-0.15, -0.1) is 16.4 Å². The van der Waals surface area contributed by atoms with Crippen molar-refractivity contribution in [2.45, 2.75) is 6.54 Å². The van der Waals surface area contributed by atoms with Gasteiger partial charge < -0.3 is 5.32 Å². The van der Waals surface area contributed by atoms with Crippen LogP contribution in [0.3, 0.4) is 0 Å². The molecular formula is C9H8N4OS. The van der Waals surface area contributed by atoms with E-state index in [0.717, 1.165) is 18.9 Å². The highest BCUT2D eigenvalue weighted by atomic mass is 32.1. The number of rotatable bonds is 2. The summed E-state index contributed by atoms with van der Waals surface area (Å²) in [6.45, 7) is 1.59. The number of aromatic nitrogens is 3. The minimum atomic E-state index is -0.0550. The van der Waals surface area contributed by atoms with Gasteiger partial charge in [-0.1, -0.05) is 11.3 Å². The van der Waals surface area contributed by atoms with Crippen LogP contribution in [0.5, 0.6) is 0 Å². The van der Waals surface area contributed by atoms with Crippen molar-refractivity contribution in [3.05, 3.63) is 28.1 Å². The van der Waals surface area contributed by atoms with Crippen molar-refractivity contribution in [2.24, 2.45) is 0 Å². The number of ketones is 1. The van der Waals surface area contributed by atoms with Crippen molar-refractivity contribution in [2.75, 3.05) is 11.9 Å². The standard InChI is InChI=1S/C9H8N4OS/c14-8(6-2-1-5-15-6)7-9-10-3-4-13(9)12-11-7/h1-2,5,10H,3-4H2.